The molecule has 0 aliphatic heterocycles. The molecule has 1 atom stereocenters. The van der Waals surface area contributed by atoms with E-state index in [0.29, 0.717) is 0 Å². The number of nitriles is 1. The average molecular weight is 204 g/mol. The zero-order valence-electron chi connectivity index (χ0n) is 9.32. The van der Waals surface area contributed by atoms with Crippen LogP contribution in [-0.4, -0.2) is 7.11 Å². The lowest BCUT2D eigenvalue weighted by Gasteiger charge is -2.24. The molecule has 0 aliphatic rings. The highest BCUT2D eigenvalue weighted by Gasteiger charge is 2.27. The van der Waals surface area contributed by atoms with Gasteiger partial charge in [0.1, 0.15) is 5.75 Å². The minimum Gasteiger partial charge on any atom is -0.497 e. The fourth-order valence-corrected chi connectivity index (χ4v) is 1.32. The third-order valence-electron chi connectivity index (χ3n) is 2.52. The average Bonchev–Trinajstić information content (AvgIpc) is 2.28. The molecule has 0 fully saturated rings. The first-order valence-corrected chi connectivity index (χ1v) is 4.82. The van der Waals surface area contributed by atoms with E-state index >= 15 is 0 Å². The number of rotatable bonds is 3. The highest BCUT2D eigenvalue weighted by molar-refractivity contribution is 5.32. The lowest BCUT2D eigenvalue weighted by Crippen LogP contribution is -2.27. The summed E-state index contributed by atoms with van der Waals surface area (Å²) in [5.41, 5.74) is 6.37. The summed E-state index contributed by atoms with van der Waals surface area (Å²) in [6.45, 7) is 3.66. The van der Waals surface area contributed by atoms with Crippen LogP contribution in [0.25, 0.3) is 0 Å². The maximum absolute atomic E-state index is 8.99. The summed E-state index contributed by atoms with van der Waals surface area (Å²) >= 11 is 0. The second kappa shape index (κ2) is 4.33. The third-order valence-corrected chi connectivity index (χ3v) is 2.52. The van der Waals surface area contributed by atoms with Gasteiger partial charge < -0.3 is 10.5 Å². The normalized spacial score (nSPS) is 13.0. The second-order valence-electron chi connectivity index (χ2n) is 4.09. The van der Waals surface area contributed by atoms with Gasteiger partial charge in [-0.15, -0.1) is 0 Å². The van der Waals surface area contributed by atoms with Crippen molar-refractivity contribution >= 4 is 0 Å². The van der Waals surface area contributed by atoms with E-state index in [9.17, 15) is 0 Å². The molecule has 2 N–H and O–H groups in total. The van der Waals surface area contributed by atoms with Gasteiger partial charge in [-0.05, 0) is 31.5 Å². The summed E-state index contributed by atoms with van der Waals surface area (Å²) in [6.07, 6.45) is 0. The van der Waals surface area contributed by atoms with Crippen molar-refractivity contribution in [3.63, 3.8) is 0 Å². The first-order valence-electron chi connectivity index (χ1n) is 4.82. The molecule has 0 saturated heterocycles. The smallest absolute Gasteiger partial charge is 0.119 e. The quantitative estimate of drug-likeness (QED) is 0.821. The van der Waals surface area contributed by atoms with E-state index in [2.05, 4.69) is 6.07 Å². The summed E-state index contributed by atoms with van der Waals surface area (Å²) in [7, 11) is 1.61. The zero-order valence-corrected chi connectivity index (χ0v) is 9.32. The first-order chi connectivity index (χ1) is 7.01. The lowest BCUT2D eigenvalue weighted by atomic mass is 9.82. The maximum Gasteiger partial charge on any atom is 0.119 e. The molecule has 0 amide bonds. The van der Waals surface area contributed by atoms with E-state index < -0.39 is 5.41 Å². The Labute approximate surface area is 90.5 Å². The molecule has 0 aromatic heterocycles. The molecular formula is C12H16N2O. The molecule has 3 nitrogen and oxygen atoms in total. The van der Waals surface area contributed by atoms with Gasteiger partial charge in [-0.3, -0.25) is 0 Å². The van der Waals surface area contributed by atoms with Gasteiger partial charge in [0.05, 0.1) is 18.6 Å². The van der Waals surface area contributed by atoms with Gasteiger partial charge >= 0.3 is 0 Å². The van der Waals surface area contributed by atoms with Crippen LogP contribution in [0.2, 0.25) is 0 Å². The predicted molar refractivity (Wildman–Crippen MR) is 59.3 cm³/mol. The highest BCUT2D eigenvalue weighted by Crippen LogP contribution is 2.31. The molecule has 1 aromatic rings. The molecule has 1 rings (SSSR count). The van der Waals surface area contributed by atoms with Crippen LogP contribution in [0.15, 0.2) is 24.3 Å². The van der Waals surface area contributed by atoms with Gasteiger partial charge in [-0.2, -0.15) is 5.26 Å². The summed E-state index contributed by atoms with van der Waals surface area (Å²) < 4.78 is 5.11. The molecule has 0 heterocycles. The van der Waals surface area contributed by atoms with Crippen LogP contribution in [0.3, 0.4) is 0 Å². The van der Waals surface area contributed by atoms with Crippen LogP contribution in [0, 0.1) is 16.7 Å². The van der Waals surface area contributed by atoms with Crippen molar-refractivity contribution in [2.75, 3.05) is 7.11 Å². The van der Waals surface area contributed by atoms with E-state index in [1.807, 2.05) is 38.1 Å². The van der Waals surface area contributed by atoms with Crippen LogP contribution in [-0.2, 0) is 0 Å². The van der Waals surface area contributed by atoms with Crippen LogP contribution in [0.4, 0.5) is 0 Å². The maximum atomic E-state index is 8.99. The van der Waals surface area contributed by atoms with E-state index in [1.54, 1.807) is 7.11 Å². The molecule has 0 saturated carbocycles. The van der Waals surface area contributed by atoms with Crippen molar-refractivity contribution in [2.24, 2.45) is 11.1 Å². The van der Waals surface area contributed by atoms with Gasteiger partial charge in [0.25, 0.3) is 0 Å². The van der Waals surface area contributed by atoms with Crippen LogP contribution in [0.5, 0.6) is 5.75 Å². The predicted octanol–water partition coefficient (Wildman–Crippen LogP) is 2.24. The number of nitrogens with zero attached hydrogens (tertiary/aromatic N) is 1. The number of nitrogens with two attached hydrogens (primary N) is 1. The summed E-state index contributed by atoms with van der Waals surface area (Å²) in [5.74, 6) is 0.761. The minimum absolute atomic E-state index is 0.308. The summed E-state index contributed by atoms with van der Waals surface area (Å²) in [6, 6.07) is 9.41. The first kappa shape index (κ1) is 11.5. The van der Waals surface area contributed by atoms with Crippen molar-refractivity contribution in [3.05, 3.63) is 29.8 Å². The molecule has 0 aliphatic carbocycles. The van der Waals surface area contributed by atoms with Crippen LogP contribution >= 0.6 is 0 Å². The standard InChI is InChI=1S/C12H16N2O/c1-12(2,8-13)11(14)9-5-4-6-10(7-9)15-3/h4-7,11H,14H2,1-3H3. The number of hydrogen-bond donors (Lipinski definition) is 1. The topological polar surface area (TPSA) is 59.0 Å². The number of ether oxygens (including phenoxy) is 1. The number of hydrogen-bond acceptors (Lipinski definition) is 3. The molecular weight excluding hydrogens is 188 g/mol. The molecule has 15 heavy (non-hydrogen) atoms. The largest absolute Gasteiger partial charge is 0.497 e. The monoisotopic (exact) mass is 204 g/mol. The van der Waals surface area contributed by atoms with Crippen molar-refractivity contribution in [2.45, 2.75) is 19.9 Å². The Hall–Kier alpha value is -1.53. The van der Waals surface area contributed by atoms with Gasteiger partial charge in [-0.25, -0.2) is 0 Å². The Morgan fingerprint density at radius 3 is 2.67 bits per heavy atom. The van der Waals surface area contributed by atoms with Crippen LogP contribution < -0.4 is 10.5 Å². The van der Waals surface area contributed by atoms with E-state index in [1.165, 1.54) is 0 Å². The van der Waals surface area contributed by atoms with Gasteiger partial charge in [0.15, 0.2) is 0 Å². The van der Waals surface area contributed by atoms with Gasteiger partial charge in [0, 0.05) is 6.04 Å². The van der Waals surface area contributed by atoms with E-state index in [0.717, 1.165) is 11.3 Å². The molecule has 1 aromatic carbocycles. The molecule has 0 bridgehead atoms. The molecule has 80 valence electrons. The Morgan fingerprint density at radius 1 is 1.47 bits per heavy atom. The fourth-order valence-electron chi connectivity index (χ4n) is 1.32. The SMILES string of the molecule is COc1cccc(C(N)C(C)(C)C#N)c1. The lowest BCUT2D eigenvalue weighted by molar-refractivity contribution is 0.387. The van der Waals surface area contributed by atoms with Gasteiger partial charge in [-0.1, -0.05) is 12.1 Å². The molecule has 0 radical (unpaired) electrons. The Bertz CT molecular complexity index is 379. The van der Waals surface area contributed by atoms with E-state index in [4.69, 9.17) is 15.7 Å². The summed E-state index contributed by atoms with van der Waals surface area (Å²) in [5, 5.41) is 8.99. The Morgan fingerprint density at radius 2 is 2.13 bits per heavy atom. The van der Waals surface area contributed by atoms with Gasteiger partial charge in [0.2, 0.25) is 0 Å². The summed E-state index contributed by atoms with van der Waals surface area (Å²) in [4.78, 5) is 0. The minimum atomic E-state index is -0.577. The molecule has 3 heteroatoms. The van der Waals surface area contributed by atoms with E-state index in [-0.39, 0.29) is 6.04 Å². The highest BCUT2D eigenvalue weighted by atomic mass is 16.5. The fraction of sp³-hybridized carbons (Fsp3) is 0.417. The molecule has 1 unspecified atom stereocenters. The zero-order chi connectivity index (χ0) is 11.5. The van der Waals surface area contributed by atoms with Crippen molar-refractivity contribution < 1.29 is 4.74 Å². The second-order valence-corrected chi connectivity index (χ2v) is 4.09. The number of methoxy groups -OCH3 is 1. The number of benzene rings is 1. The van der Waals surface area contributed by atoms with Crippen molar-refractivity contribution in [1.29, 1.82) is 5.26 Å². The van der Waals surface area contributed by atoms with Crippen molar-refractivity contribution in [3.8, 4) is 11.8 Å². The Balaban J connectivity index is 3.02. The van der Waals surface area contributed by atoms with Crippen LogP contribution in [0.1, 0.15) is 25.5 Å². The van der Waals surface area contributed by atoms with Crippen molar-refractivity contribution in [1.82, 2.24) is 0 Å². The third kappa shape index (κ3) is 2.48. The Kier molecular flexibility index (Phi) is 3.33. The molecule has 0 spiro atoms.